The van der Waals surface area contributed by atoms with Crippen molar-refractivity contribution in [3.63, 3.8) is 0 Å². The molecule has 4 atom stereocenters. The van der Waals surface area contributed by atoms with Crippen molar-refractivity contribution in [2.45, 2.75) is 65.5 Å². The molecule has 0 saturated heterocycles. The third kappa shape index (κ3) is 5.01. The Hall–Kier alpha value is -0.120. The van der Waals surface area contributed by atoms with Crippen molar-refractivity contribution in [2.24, 2.45) is 17.8 Å². The summed E-state index contributed by atoms with van der Waals surface area (Å²) < 4.78 is 5.27. The van der Waals surface area contributed by atoms with Crippen LogP contribution in [0.15, 0.2) is 0 Å². The largest absolute Gasteiger partial charge is 0.393 e. The zero-order valence-corrected chi connectivity index (χ0v) is 14.1. The van der Waals surface area contributed by atoms with Gasteiger partial charge in [-0.05, 0) is 37.5 Å². The van der Waals surface area contributed by atoms with E-state index in [1.807, 2.05) is 0 Å². The molecule has 0 aromatic carbocycles. The van der Waals surface area contributed by atoms with E-state index in [0.717, 1.165) is 26.1 Å². The number of nitrogens with zero attached hydrogens (tertiary/aromatic N) is 1. The summed E-state index contributed by atoms with van der Waals surface area (Å²) in [6.07, 6.45) is 4.44. The minimum Gasteiger partial charge on any atom is -0.393 e. The molecule has 1 saturated carbocycles. The number of ether oxygens (including phenoxy) is 1. The summed E-state index contributed by atoms with van der Waals surface area (Å²) in [5, 5.41) is 10.5. The molecule has 0 spiro atoms. The highest BCUT2D eigenvalue weighted by molar-refractivity contribution is 4.86. The maximum Gasteiger partial charge on any atom is 0.0589 e. The summed E-state index contributed by atoms with van der Waals surface area (Å²) in [5.41, 5.74) is 0. The van der Waals surface area contributed by atoms with Crippen molar-refractivity contribution in [2.75, 3.05) is 26.8 Å². The third-order valence-corrected chi connectivity index (χ3v) is 5.13. The highest BCUT2D eigenvalue weighted by Crippen LogP contribution is 2.34. The first kappa shape index (κ1) is 17.9. The monoisotopic (exact) mass is 285 g/mol. The second-order valence-electron chi connectivity index (χ2n) is 6.74. The van der Waals surface area contributed by atoms with Gasteiger partial charge < -0.3 is 9.84 Å². The van der Waals surface area contributed by atoms with E-state index < -0.39 is 0 Å². The zero-order chi connectivity index (χ0) is 15.1. The predicted molar refractivity (Wildman–Crippen MR) is 84.9 cm³/mol. The molecule has 0 aromatic heterocycles. The van der Waals surface area contributed by atoms with Gasteiger partial charge in [0, 0.05) is 32.2 Å². The quantitative estimate of drug-likeness (QED) is 0.743. The Kier molecular flexibility index (Phi) is 8.08. The van der Waals surface area contributed by atoms with Gasteiger partial charge in [-0.2, -0.15) is 0 Å². The summed E-state index contributed by atoms with van der Waals surface area (Å²) in [5.74, 6) is 1.70. The summed E-state index contributed by atoms with van der Waals surface area (Å²) in [6, 6.07) is 0.615. The van der Waals surface area contributed by atoms with E-state index in [1.165, 1.54) is 19.3 Å². The molecule has 1 N–H and O–H groups in total. The summed E-state index contributed by atoms with van der Waals surface area (Å²) in [6.45, 7) is 11.9. The van der Waals surface area contributed by atoms with Crippen LogP contribution < -0.4 is 0 Å². The number of hydrogen-bond acceptors (Lipinski definition) is 3. The van der Waals surface area contributed by atoms with E-state index in [-0.39, 0.29) is 6.10 Å². The van der Waals surface area contributed by atoms with E-state index in [9.17, 15) is 5.11 Å². The van der Waals surface area contributed by atoms with Crippen molar-refractivity contribution >= 4 is 0 Å². The normalized spacial score (nSPS) is 31.2. The highest BCUT2D eigenvalue weighted by Gasteiger charge is 2.34. The molecule has 3 heteroatoms. The van der Waals surface area contributed by atoms with Gasteiger partial charge in [0.25, 0.3) is 0 Å². The molecule has 0 amide bonds. The first-order valence-electron chi connectivity index (χ1n) is 8.44. The van der Waals surface area contributed by atoms with E-state index in [1.54, 1.807) is 7.11 Å². The van der Waals surface area contributed by atoms with Gasteiger partial charge in [-0.1, -0.05) is 27.7 Å². The maximum atomic E-state index is 10.5. The molecule has 0 radical (unpaired) electrons. The molecule has 0 bridgehead atoms. The fraction of sp³-hybridized carbons (Fsp3) is 1.00. The van der Waals surface area contributed by atoms with Gasteiger partial charge in [0.05, 0.1) is 12.7 Å². The van der Waals surface area contributed by atoms with Crippen LogP contribution in [-0.4, -0.2) is 49.0 Å². The first-order valence-corrected chi connectivity index (χ1v) is 8.44. The fourth-order valence-corrected chi connectivity index (χ4v) is 3.88. The predicted octanol–water partition coefficient (Wildman–Crippen LogP) is 3.17. The van der Waals surface area contributed by atoms with Gasteiger partial charge in [-0.25, -0.2) is 0 Å². The van der Waals surface area contributed by atoms with E-state index in [4.69, 9.17) is 4.74 Å². The Balaban J connectivity index is 2.66. The lowest BCUT2D eigenvalue weighted by molar-refractivity contribution is -0.0141. The lowest BCUT2D eigenvalue weighted by atomic mass is 9.73. The Labute approximate surface area is 125 Å². The lowest BCUT2D eigenvalue weighted by Crippen LogP contribution is -2.46. The van der Waals surface area contributed by atoms with Gasteiger partial charge in [0.15, 0.2) is 0 Å². The molecule has 20 heavy (non-hydrogen) atoms. The summed E-state index contributed by atoms with van der Waals surface area (Å²) in [7, 11) is 1.77. The van der Waals surface area contributed by atoms with Gasteiger partial charge in [0.2, 0.25) is 0 Å². The summed E-state index contributed by atoms with van der Waals surface area (Å²) >= 11 is 0. The molecule has 4 unspecified atom stereocenters. The van der Waals surface area contributed by atoms with Crippen molar-refractivity contribution in [3.8, 4) is 0 Å². The second-order valence-corrected chi connectivity index (χ2v) is 6.74. The molecule has 1 aliphatic carbocycles. The minimum atomic E-state index is -0.131. The van der Waals surface area contributed by atoms with Crippen LogP contribution in [0.25, 0.3) is 0 Å². The molecule has 0 aromatic rings. The lowest BCUT2D eigenvalue weighted by Gasteiger charge is -2.41. The highest BCUT2D eigenvalue weighted by atomic mass is 16.5. The van der Waals surface area contributed by atoms with Crippen LogP contribution in [0.4, 0.5) is 0 Å². The van der Waals surface area contributed by atoms with Crippen LogP contribution >= 0.6 is 0 Å². The van der Waals surface area contributed by atoms with Crippen molar-refractivity contribution in [3.05, 3.63) is 0 Å². The molecule has 1 rings (SSSR count). The van der Waals surface area contributed by atoms with Crippen LogP contribution in [0.3, 0.4) is 0 Å². The van der Waals surface area contributed by atoms with Crippen molar-refractivity contribution in [1.82, 2.24) is 4.90 Å². The van der Waals surface area contributed by atoms with Gasteiger partial charge in [-0.15, -0.1) is 0 Å². The average Bonchev–Trinajstić information content (AvgIpc) is 2.40. The Bertz CT molecular complexity index is 243. The second kappa shape index (κ2) is 9.01. The molecule has 0 heterocycles. The Morgan fingerprint density at radius 3 is 2.35 bits per heavy atom. The fourth-order valence-electron chi connectivity index (χ4n) is 3.88. The smallest absolute Gasteiger partial charge is 0.0589 e. The number of hydrogen-bond donors (Lipinski definition) is 1. The molecule has 1 aliphatic rings. The standard InChI is InChI=1S/C17H35NO2/c1-6-15(7-2)18(8-9-20-5)12-16-14(4)10-13(3)11-17(16)19/h13-17,19H,6-12H2,1-5H3. The van der Waals surface area contributed by atoms with Gasteiger partial charge >= 0.3 is 0 Å². The average molecular weight is 285 g/mol. The van der Waals surface area contributed by atoms with Crippen LogP contribution in [-0.2, 0) is 4.74 Å². The Morgan fingerprint density at radius 2 is 1.85 bits per heavy atom. The SMILES string of the molecule is CCC(CC)N(CCOC)CC1C(C)CC(C)CC1O. The number of aliphatic hydroxyl groups is 1. The third-order valence-electron chi connectivity index (χ3n) is 5.13. The van der Waals surface area contributed by atoms with Gasteiger partial charge in [-0.3, -0.25) is 4.90 Å². The molecule has 0 aliphatic heterocycles. The van der Waals surface area contributed by atoms with Crippen LogP contribution in [0.2, 0.25) is 0 Å². The summed E-state index contributed by atoms with van der Waals surface area (Å²) in [4.78, 5) is 2.55. The molecule has 3 nitrogen and oxygen atoms in total. The van der Waals surface area contributed by atoms with Crippen molar-refractivity contribution in [1.29, 1.82) is 0 Å². The molecule has 1 fully saturated rings. The van der Waals surface area contributed by atoms with Crippen LogP contribution in [0, 0.1) is 17.8 Å². The molecular formula is C17H35NO2. The molecule has 120 valence electrons. The minimum absolute atomic E-state index is 0.131. The van der Waals surface area contributed by atoms with E-state index in [2.05, 4.69) is 32.6 Å². The number of rotatable bonds is 8. The Morgan fingerprint density at radius 1 is 1.20 bits per heavy atom. The maximum absolute atomic E-state index is 10.5. The van der Waals surface area contributed by atoms with Gasteiger partial charge in [0.1, 0.15) is 0 Å². The van der Waals surface area contributed by atoms with E-state index in [0.29, 0.717) is 23.8 Å². The topological polar surface area (TPSA) is 32.7 Å². The van der Waals surface area contributed by atoms with Crippen molar-refractivity contribution < 1.29 is 9.84 Å². The van der Waals surface area contributed by atoms with Crippen LogP contribution in [0.1, 0.15) is 53.4 Å². The first-order chi connectivity index (χ1) is 9.53. The number of aliphatic hydroxyl groups excluding tert-OH is 1. The van der Waals surface area contributed by atoms with Crippen LogP contribution in [0.5, 0.6) is 0 Å². The molecular weight excluding hydrogens is 250 g/mol. The van der Waals surface area contributed by atoms with E-state index >= 15 is 0 Å². The zero-order valence-electron chi connectivity index (χ0n) is 14.1. The number of methoxy groups -OCH3 is 1.